The van der Waals surface area contributed by atoms with Crippen molar-refractivity contribution in [3.8, 4) is 0 Å². The number of H-pyrrole nitrogens is 1. The van der Waals surface area contributed by atoms with Crippen molar-refractivity contribution in [3.05, 3.63) is 33.1 Å². The van der Waals surface area contributed by atoms with Gasteiger partial charge in [-0.2, -0.15) is 0 Å². The van der Waals surface area contributed by atoms with Crippen molar-refractivity contribution in [2.75, 3.05) is 6.61 Å². The van der Waals surface area contributed by atoms with Crippen molar-refractivity contribution in [1.29, 1.82) is 0 Å². The van der Waals surface area contributed by atoms with Crippen LogP contribution in [0.2, 0.25) is 0 Å². The van der Waals surface area contributed by atoms with E-state index in [-0.39, 0.29) is 0 Å². The van der Waals surface area contributed by atoms with E-state index in [9.17, 15) is 28.8 Å². The first-order valence-corrected chi connectivity index (χ1v) is 13.6. The molecule has 0 aliphatic carbocycles. The second kappa shape index (κ2) is 12.6. The number of aliphatic hydroxyl groups is 1. The summed E-state index contributed by atoms with van der Waals surface area (Å²) >= 11 is 0. The number of aromatic amines is 1. The van der Waals surface area contributed by atoms with E-state index in [2.05, 4.69) is 10.2 Å². The van der Waals surface area contributed by atoms with E-state index in [4.69, 9.17) is 18.7 Å². The minimum absolute atomic E-state index is 0.461. The Bertz CT molecular complexity index is 1120. The molecular formula is C22H36FN4O10P. The van der Waals surface area contributed by atoms with Gasteiger partial charge in [0.25, 0.3) is 5.56 Å². The van der Waals surface area contributed by atoms with E-state index in [0.29, 0.717) is 0 Å². The minimum atomic E-state index is -4.29. The van der Waals surface area contributed by atoms with Crippen molar-refractivity contribution in [2.24, 2.45) is 0 Å². The van der Waals surface area contributed by atoms with Gasteiger partial charge < -0.3 is 23.8 Å². The summed E-state index contributed by atoms with van der Waals surface area (Å²) in [5.74, 6) is -1.51. The number of alkyl halides is 1. The summed E-state index contributed by atoms with van der Waals surface area (Å²) in [5.41, 5.74) is -4.20. The third-order valence-electron chi connectivity index (χ3n) is 5.38. The maximum absolute atomic E-state index is 15.5. The highest BCUT2D eigenvalue weighted by molar-refractivity contribution is 7.54. The zero-order valence-corrected chi connectivity index (χ0v) is 23.2. The Morgan fingerprint density at radius 3 is 2.08 bits per heavy atom. The molecular weight excluding hydrogens is 530 g/mol. The van der Waals surface area contributed by atoms with Crippen LogP contribution in [0, 0.1) is 0 Å². The lowest BCUT2D eigenvalue weighted by molar-refractivity contribution is -0.149. The fourth-order valence-electron chi connectivity index (χ4n) is 3.54. The molecule has 0 radical (unpaired) electrons. The normalized spacial score (nSPS) is 25.4. The number of aromatic nitrogens is 2. The molecule has 216 valence electrons. The van der Waals surface area contributed by atoms with Crippen molar-refractivity contribution in [2.45, 2.75) is 96.9 Å². The number of nitrogens with zero attached hydrogens (tertiary/aromatic N) is 1. The maximum atomic E-state index is 15.5. The van der Waals surface area contributed by atoms with Gasteiger partial charge in [0.1, 0.15) is 24.3 Å². The number of hydrogen-bond acceptors (Lipinski definition) is 10. The molecule has 1 aromatic rings. The Balaban J connectivity index is 2.25. The van der Waals surface area contributed by atoms with E-state index in [0.717, 1.165) is 23.8 Å². The van der Waals surface area contributed by atoms with Gasteiger partial charge in [0, 0.05) is 12.3 Å². The number of hydrogen-bond donors (Lipinski definition) is 4. The van der Waals surface area contributed by atoms with Crippen molar-refractivity contribution in [3.63, 3.8) is 0 Å². The lowest BCUT2D eigenvalue weighted by Crippen LogP contribution is -2.45. The molecule has 2 heterocycles. The molecule has 1 aliphatic rings. The molecule has 0 aromatic carbocycles. The van der Waals surface area contributed by atoms with Crippen LogP contribution in [0.5, 0.6) is 0 Å². The topological polar surface area (TPSA) is 187 Å². The Morgan fingerprint density at radius 1 is 1.13 bits per heavy atom. The molecule has 0 amide bonds. The van der Waals surface area contributed by atoms with Gasteiger partial charge in [-0.15, -0.1) is 0 Å². The number of ether oxygens (including phenoxy) is 3. The molecule has 4 N–H and O–H groups in total. The van der Waals surface area contributed by atoms with Crippen molar-refractivity contribution in [1.82, 2.24) is 19.7 Å². The highest BCUT2D eigenvalue weighted by atomic mass is 31.2. The molecule has 6 atom stereocenters. The fraction of sp³-hybridized carbons (Fsp3) is 0.727. The summed E-state index contributed by atoms with van der Waals surface area (Å²) < 4.78 is 51.1. The van der Waals surface area contributed by atoms with Gasteiger partial charge in [-0.3, -0.25) is 28.5 Å². The second-order valence-electron chi connectivity index (χ2n) is 9.66. The molecule has 0 bridgehead atoms. The molecule has 1 aromatic heterocycles. The van der Waals surface area contributed by atoms with Gasteiger partial charge in [-0.05, 0) is 48.5 Å². The van der Waals surface area contributed by atoms with E-state index >= 15 is 4.39 Å². The molecule has 0 unspecified atom stereocenters. The van der Waals surface area contributed by atoms with Gasteiger partial charge >= 0.3 is 25.3 Å². The van der Waals surface area contributed by atoms with Crippen LogP contribution < -0.4 is 21.4 Å². The van der Waals surface area contributed by atoms with Crippen LogP contribution in [0.15, 0.2) is 21.9 Å². The van der Waals surface area contributed by atoms with Crippen molar-refractivity contribution >= 4 is 19.6 Å². The first-order chi connectivity index (χ1) is 17.5. The van der Waals surface area contributed by atoms with Crippen LogP contribution in [0.4, 0.5) is 4.39 Å². The molecule has 1 aliphatic heterocycles. The SMILES string of the molecule is CC(C)OC(=O)[C@H](C)NP(=O)(N[C@@H](C)C(=O)OC(C)C)OC[C@H]1O[C@@H](n2ccc(=O)[nH]c2=O)[C@](C)(F)[C@@H]1O. The van der Waals surface area contributed by atoms with Gasteiger partial charge in [-0.1, -0.05) is 0 Å². The Morgan fingerprint density at radius 2 is 1.63 bits per heavy atom. The maximum Gasteiger partial charge on any atom is 0.342 e. The number of nitrogens with one attached hydrogen (secondary N) is 3. The summed E-state index contributed by atoms with van der Waals surface area (Å²) in [5, 5.41) is 15.5. The predicted molar refractivity (Wildman–Crippen MR) is 132 cm³/mol. The first kappa shape index (κ1) is 31.8. The van der Waals surface area contributed by atoms with Gasteiger partial charge in [-0.25, -0.2) is 19.4 Å². The van der Waals surface area contributed by atoms with Crippen LogP contribution in [0.3, 0.4) is 0 Å². The van der Waals surface area contributed by atoms with E-state index in [1.165, 1.54) is 13.8 Å². The van der Waals surface area contributed by atoms with E-state index < -0.39 is 85.9 Å². The fourth-order valence-corrected chi connectivity index (χ4v) is 5.35. The molecule has 0 spiro atoms. The lowest BCUT2D eigenvalue weighted by atomic mass is 9.98. The lowest BCUT2D eigenvalue weighted by Gasteiger charge is -2.28. The third kappa shape index (κ3) is 8.04. The quantitative estimate of drug-likeness (QED) is 0.203. The molecule has 0 saturated carbocycles. The molecule has 14 nitrogen and oxygen atoms in total. The number of carbonyl (C=O) groups is 2. The average molecular weight is 567 g/mol. The number of carbonyl (C=O) groups excluding carboxylic acids is 2. The predicted octanol–water partition coefficient (Wildman–Crippen LogP) is 0.507. The van der Waals surface area contributed by atoms with E-state index in [1.54, 1.807) is 27.7 Å². The van der Waals surface area contributed by atoms with Gasteiger partial charge in [0.05, 0.1) is 18.8 Å². The standard InChI is InChI=1S/C22H36FN4O10P/c1-11(2)35-18(30)13(5)25-38(33,26-14(6)19(31)36-12(3)4)34-10-15-17(29)22(7,23)20(37-15)27-9-8-16(28)24-21(27)32/h8-9,11-15,17,20,29H,10H2,1-7H3,(H,24,28,32)(H2,25,26,33)/t13-,14-,15+,17+,20+,22+/m0/s1. The van der Waals surface area contributed by atoms with Gasteiger partial charge in [0.15, 0.2) is 11.9 Å². The highest BCUT2D eigenvalue weighted by Gasteiger charge is 2.55. The second-order valence-corrected chi connectivity index (χ2v) is 11.5. The summed E-state index contributed by atoms with van der Waals surface area (Å²) in [4.78, 5) is 50.1. The number of halogens is 1. The molecule has 1 saturated heterocycles. The molecule has 16 heteroatoms. The largest absolute Gasteiger partial charge is 0.462 e. The molecule has 2 rings (SSSR count). The summed E-state index contributed by atoms with van der Waals surface area (Å²) in [6, 6.07) is -1.36. The summed E-state index contributed by atoms with van der Waals surface area (Å²) in [6.07, 6.45) is -4.86. The minimum Gasteiger partial charge on any atom is -0.462 e. The highest BCUT2D eigenvalue weighted by Crippen LogP contribution is 2.44. The first-order valence-electron chi connectivity index (χ1n) is 12.0. The summed E-state index contributed by atoms with van der Waals surface area (Å²) in [7, 11) is -4.29. The molecule has 1 fully saturated rings. The Hall–Kier alpha value is -2.42. The van der Waals surface area contributed by atoms with Crippen LogP contribution in [-0.4, -0.2) is 75.4 Å². The summed E-state index contributed by atoms with van der Waals surface area (Å²) in [6.45, 7) is 9.52. The zero-order valence-electron chi connectivity index (χ0n) is 22.3. The van der Waals surface area contributed by atoms with Crippen molar-refractivity contribution < 1.29 is 42.4 Å². The van der Waals surface area contributed by atoms with Crippen LogP contribution in [-0.2, 0) is 32.9 Å². The van der Waals surface area contributed by atoms with Crippen LogP contribution in [0.1, 0.15) is 54.7 Å². The van der Waals surface area contributed by atoms with E-state index in [1.807, 2.05) is 4.98 Å². The molecule has 38 heavy (non-hydrogen) atoms. The number of rotatable bonds is 12. The van der Waals surface area contributed by atoms with Crippen LogP contribution >= 0.6 is 7.67 Å². The number of aliphatic hydroxyl groups excluding tert-OH is 1. The monoisotopic (exact) mass is 566 g/mol. The zero-order chi connectivity index (χ0) is 29.0. The third-order valence-corrected chi connectivity index (χ3v) is 7.35. The van der Waals surface area contributed by atoms with Gasteiger partial charge in [0.2, 0.25) is 0 Å². The smallest absolute Gasteiger partial charge is 0.342 e. The Kier molecular flexibility index (Phi) is 10.6. The average Bonchev–Trinajstić information content (AvgIpc) is 3.00. The van der Waals surface area contributed by atoms with Crippen LogP contribution in [0.25, 0.3) is 0 Å². The Labute approximate surface area is 218 Å². The number of esters is 2.